The Morgan fingerprint density at radius 2 is 1.50 bits per heavy atom. The average Bonchev–Trinajstić information content (AvgIpc) is 2.88. The molecule has 2 amide bonds. The van der Waals surface area contributed by atoms with Gasteiger partial charge >= 0.3 is 0 Å². The van der Waals surface area contributed by atoms with Crippen molar-refractivity contribution in [1.29, 1.82) is 0 Å². The highest BCUT2D eigenvalue weighted by Crippen LogP contribution is 2.27. The lowest BCUT2D eigenvalue weighted by molar-refractivity contribution is 0.101. The number of carbonyl (C=O) groups is 2. The third-order valence-electron chi connectivity index (χ3n) is 5.25. The Kier molecular flexibility index (Phi) is 8.36. The molecule has 0 saturated carbocycles. The summed E-state index contributed by atoms with van der Waals surface area (Å²) in [5, 5.41) is 5.36. The van der Waals surface area contributed by atoms with Crippen LogP contribution < -0.4 is 15.4 Å². The first-order chi connectivity index (χ1) is 17.4. The first-order valence-electron chi connectivity index (χ1n) is 11.0. The predicted octanol–water partition coefficient (Wildman–Crippen LogP) is 7.37. The fourth-order valence-corrected chi connectivity index (χ4v) is 4.08. The van der Waals surface area contributed by atoms with Gasteiger partial charge in [-0.05, 0) is 76.1 Å². The number of benzene rings is 4. The number of carbonyl (C=O) groups excluding carboxylic acids is 2. The Hall–Kier alpha value is -3.68. The number of ether oxygens (including phenoxy) is 1. The maximum atomic E-state index is 13.3. The zero-order chi connectivity index (χ0) is 25.5. The van der Waals surface area contributed by atoms with Crippen LogP contribution in [-0.2, 0) is 6.42 Å². The maximum absolute atomic E-state index is 13.3. The molecule has 36 heavy (non-hydrogen) atoms. The standard InChI is InChI=1S/C28H21BrClFN2O3/c29-23-16-20(9-12-26(23)36-14-13-18-5-2-1-3-6-18)28(35)32-21-8-4-7-19(15-21)27(34)33-22-10-11-25(31)24(30)17-22/h1-12,15-17H,13-14H2,(H,32,35)(H,33,34). The van der Waals surface area contributed by atoms with Crippen LogP contribution in [0.3, 0.4) is 0 Å². The molecule has 0 aliphatic heterocycles. The van der Waals surface area contributed by atoms with E-state index in [1.807, 2.05) is 30.3 Å². The number of nitrogens with one attached hydrogen (secondary N) is 2. The maximum Gasteiger partial charge on any atom is 0.255 e. The highest BCUT2D eigenvalue weighted by Gasteiger charge is 2.12. The third-order valence-corrected chi connectivity index (χ3v) is 6.15. The predicted molar refractivity (Wildman–Crippen MR) is 144 cm³/mol. The highest BCUT2D eigenvalue weighted by molar-refractivity contribution is 9.10. The minimum Gasteiger partial charge on any atom is -0.492 e. The zero-order valence-electron chi connectivity index (χ0n) is 18.9. The summed E-state index contributed by atoms with van der Waals surface area (Å²) in [6.45, 7) is 0.507. The van der Waals surface area contributed by atoms with Crippen LogP contribution in [0.25, 0.3) is 0 Å². The molecule has 2 N–H and O–H groups in total. The summed E-state index contributed by atoms with van der Waals surface area (Å²) in [4.78, 5) is 25.4. The molecular formula is C28H21BrClFN2O3. The monoisotopic (exact) mass is 566 g/mol. The Morgan fingerprint density at radius 3 is 2.19 bits per heavy atom. The van der Waals surface area contributed by atoms with E-state index in [9.17, 15) is 14.0 Å². The van der Waals surface area contributed by atoms with E-state index in [0.717, 1.165) is 6.42 Å². The molecular weight excluding hydrogens is 547 g/mol. The van der Waals surface area contributed by atoms with Crippen molar-refractivity contribution in [3.63, 3.8) is 0 Å². The number of anilines is 2. The molecule has 0 aliphatic carbocycles. The molecule has 0 saturated heterocycles. The van der Waals surface area contributed by atoms with Gasteiger partial charge in [-0.25, -0.2) is 4.39 Å². The van der Waals surface area contributed by atoms with Crippen molar-refractivity contribution in [2.45, 2.75) is 6.42 Å². The number of hydrogen-bond donors (Lipinski definition) is 2. The molecule has 4 aromatic rings. The van der Waals surface area contributed by atoms with Crippen LogP contribution in [0.1, 0.15) is 26.3 Å². The topological polar surface area (TPSA) is 67.4 Å². The largest absolute Gasteiger partial charge is 0.492 e. The third kappa shape index (κ3) is 6.71. The molecule has 0 aliphatic rings. The molecule has 5 nitrogen and oxygen atoms in total. The second-order valence-corrected chi connectivity index (χ2v) is 9.11. The zero-order valence-corrected chi connectivity index (χ0v) is 21.3. The minimum absolute atomic E-state index is 0.0902. The van der Waals surface area contributed by atoms with Gasteiger partial charge in [0.25, 0.3) is 11.8 Å². The Labute approximate surface area is 221 Å². The molecule has 0 spiro atoms. The molecule has 4 rings (SSSR count). The van der Waals surface area contributed by atoms with Gasteiger partial charge in [-0.3, -0.25) is 9.59 Å². The molecule has 0 bridgehead atoms. The van der Waals surface area contributed by atoms with Crippen molar-refractivity contribution < 1.29 is 18.7 Å². The summed E-state index contributed by atoms with van der Waals surface area (Å²) in [7, 11) is 0. The first kappa shape index (κ1) is 25.4. The van der Waals surface area contributed by atoms with Gasteiger partial charge in [-0.15, -0.1) is 0 Å². The van der Waals surface area contributed by atoms with Gasteiger partial charge in [0.2, 0.25) is 0 Å². The van der Waals surface area contributed by atoms with Gasteiger partial charge in [0.15, 0.2) is 0 Å². The molecule has 8 heteroatoms. The Morgan fingerprint density at radius 1 is 0.806 bits per heavy atom. The number of amides is 2. The van der Waals surface area contributed by atoms with Crippen molar-refractivity contribution in [1.82, 2.24) is 0 Å². The summed E-state index contributed by atoms with van der Waals surface area (Å²) >= 11 is 9.24. The van der Waals surface area contributed by atoms with Crippen LogP contribution in [-0.4, -0.2) is 18.4 Å². The van der Waals surface area contributed by atoms with Crippen LogP contribution in [0.2, 0.25) is 5.02 Å². The summed E-state index contributed by atoms with van der Waals surface area (Å²) < 4.78 is 19.9. The SMILES string of the molecule is O=C(Nc1ccc(F)c(Cl)c1)c1cccc(NC(=O)c2ccc(OCCc3ccccc3)c(Br)c2)c1. The highest BCUT2D eigenvalue weighted by atomic mass is 79.9. The van der Waals surface area contributed by atoms with Crippen LogP contribution in [0.4, 0.5) is 15.8 Å². The van der Waals surface area contributed by atoms with E-state index >= 15 is 0 Å². The normalized spacial score (nSPS) is 10.5. The lowest BCUT2D eigenvalue weighted by atomic mass is 10.1. The molecule has 0 heterocycles. The van der Waals surface area contributed by atoms with Gasteiger partial charge in [-0.2, -0.15) is 0 Å². The van der Waals surface area contributed by atoms with Gasteiger partial charge in [0.05, 0.1) is 16.1 Å². The molecule has 0 aromatic heterocycles. The van der Waals surface area contributed by atoms with Crippen LogP contribution in [0, 0.1) is 5.82 Å². The molecule has 0 unspecified atom stereocenters. The summed E-state index contributed by atoms with van der Waals surface area (Å²) in [5.74, 6) is -0.692. The van der Waals surface area contributed by atoms with Crippen molar-refractivity contribution in [3.05, 3.63) is 123 Å². The van der Waals surface area contributed by atoms with Crippen molar-refractivity contribution in [3.8, 4) is 5.75 Å². The minimum atomic E-state index is -0.571. The smallest absolute Gasteiger partial charge is 0.255 e. The van der Waals surface area contributed by atoms with E-state index < -0.39 is 11.7 Å². The summed E-state index contributed by atoms with van der Waals surface area (Å²) in [5.41, 5.74) is 2.73. The van der Waals surface area contributed by atoms with E-state index in [2.05, 4.69) is 26.6 Å². The molecule has 0 atom stereocenters. The van der Waals surface area contributed by atoms with Crippen LogP contribution >= 0.6 is 27.5 Å². The number of rotatable bonds is 8. The van der Waals surface area contributed by atoms with Gasteiger partial charge in [0.1, 0.15) is 11.6 Å². The second-order valence-electron chi connectivity index (χ2n) is 7.85. The van der Waals surface area contributed by atoms with Crippen LogP contribution in [0.5, 0.6) is 5.75 Å². The molecule has 182 valence electrons. The van der Waals surface area contributed by atoms with Crippen molar-refractivity contribution in [2.75, 3.05) is 17.2 Å². The fraction of sp³-hybridized carbons (Fsp3) is 0.0714. The second kappa shape index (κ2) is 11.8. The molecule has 0 radical (unpaired) electrons. The van der Waals surface area contributed by atoms with Crippen molar-refractivity contribution >= 4 is 50.7 Å². The van der Waals surface area contributed by atoms with E-state index in [0.29, 0.717) is 39.3 Å². The fourth-order valence-electron chi connectivity index (χ4n) is 3.40. The molecule has 0 fully saturated rings. The van der Waals surface area contributed by atoms with Gasteiger partial charge in [-0.1, -0.05) is 48.0 Å². The van der Waals surface area contributed by atoms with Gasteiger partial charge in [0, 0.05) is 28.9 Å². The number of halogens is 3. The summed E-state index contributed by atoms with van der Waals surface area (Å²) in [6.07, 6.45) is 0.771. The number of hydrogen-bond acceptors (Lipinski definition) is 3. The Bertz CT molecular complexity index is 1400. The van der Waals surface area contributed by atoms with E-state index in [1.165, 1.54) is 23.8 Å². The van der Waals surface area contributed by atoms with E-state index in [4.69, 9.17) is 16.3 Å². The van der Waals surface area contributed by atoms with Crippen LogP contribution in [0.15, 0.2) is 95.5 Å². The van der Waals surface area contributed by atoms with Crippen molar-refractivity contribution in [2.24, 2.45) is 0 Å². The quantitative estimate of drug-likeness (QED) is 0.234. The lowest BCUT2D eigenvalue weighted by Gasteiger charge is -2.11. The summed E-state index contributed by atoms with van der Waals surface area (Å²) in [6, 6.07) is 25.5. The average molecular weight is 568 g/mol. The lowest BCUT2D eigenvalue weighted by Crippen LogP contribution is -2.15. The van der Waals surface area contributed by atoms with E-state index in [-0.39, 0.29) is 10.9 Å². The van der Waals surface area contributed by atoms with E-state index in [1.54, 1.807) is 42.5 Å². The Balaban J connectivity index is 1.37. The van der Waals surface area contributed by atoms with Gasteiger partial charge < -0.3 is 15.4 Å². The first-order valence-corrected chi connectivity index (χ1v) is 12.2. The molecule has 4 aromatic carbocycles.